The molecule has 0 saturated heterocycles. The lowest BCUT2D eigenvalue weighted by atomic mass is 9.99. The van der Waals surface area contributed by atoms with E-state index < -0.39 is 0 Å². The number of thiophene rings is 3. The van der Waals surface area contributed by atoms with Crippen molar-refractivity contribution in [1.29, 1.82) is 0 Å². The number of nitrogens with zero attached hydrogens (tertiary/aromatic N) is 8. The van der Waals surface area contributed by atoms with Crippen LogP contribution in [0.2, 0.25) is 0 Å². The predicted octanol–water partition coefficient (Wildman–Crippen LogP) is 26.2. The summed E-state index contributed by atoms with van der Waals surface area (Å²) in [6.45, 7) is 8.20. The lowest BCUT2D eigenvalue weighted by molar-refractivity contribution is 0.653. The first-order valence-corrected chi connectivity index (χ1v) is 36.9. The quantitative estimate of drug-likeness (QED) is 0.154. The Hall–Kier alpha value is -13.3. The number of aromatic nitrogens is 7. The van der Waals surface area contributed by atoms with Crippen LogP contribution in [0.15, 0.2) is 308 Å². The molecule has 104 heavy (non-hydrogen) atoms. The first-order chi connectivity index (χ1) is 51.5. The topological polar surface area (TPSA) is 91.8 Å². The van der Waals surface area contributed by atoms with Crippen molar-refractivity contribution in [1.82, 2.24) is 34.1 Å². The Balaban J connectivity index is 0.000000131. The summed E-state index contributed by atoms with van der Waals surface area (Å²) in [6, 6.07) is 105. The molecule has 482 valence electrons. The molecule has 0 aliphatic rings. The minimum atomic E-state index is 0.488. The summed E-state index contributed by atoms with van der Waals surface area (Å²) < 4.78 is 17.1. The van der Waals surface area contributed by atoms with E-state index >= 15 is 0 Å². The SMILES string of the molecule is [C-]#[N+]c1cc(-c2nc3c(nc2-c2ccc4c(c2)sc2ccccc24)oc2ccccc23)cc(-n2c3ccccc3c3cc4ccccc4cc32)c1.c1ccc2cc3c(cc2c1)c1ccccc1n3-c1ccc(-c2nc3c(nc2-c2ccc4c(c2)sc2ccccc24)sc2ccccc23)c2ncccc12. The second-order valence-corrected chi connectivity index (χ2v) is 29.7. The van der Waals surface area contributed by atoms with Gasteiger partial charge in [-0.1, -0.05) is 176 Å². The molecule has 0 unspecified atom stereocenters. The van der Waals surface area contributed by atoms with Gasteiger partial charge in [0.2, 0.25) is 5.71 Å². The van der Waals surface area contributed by atoms with Crippen molar-refractivity contribution >= 4 is 199 Å². The average molecular weight is 1380 g/mol. The molecule has 0 fully saturated rings. The van der Waals surface area contributed by atoms with Crippen LogP contribution in [-0.4, -0.2) is 34.1 Å². The Bertz CT molecular complexity index is 7670. The van der Waals surface area contributed by atoms with E-state index in [4.69, 9.17) is 35.9 Å². The molecule has 0 atom stereocenters. The van der Waals surface area contributed by atoms with Gasteiger partial charge < -0.3 is 13.6 Å². The van der Waals surface area contributed by atoms with Crippen LogP contribution in [-0.2, 0) is 0 Å². The number of pyridine rings is 1. The molecule has 12 heteroatoms. The number of rotatable bonds is 6. The number of benzene rings is 14. The fraction of sp³-hybridized carbons (Fsp3) is 0. The van der Waals surface area contributed by atoms with Gasteiger partial charge in [-0.05, 0) is 148 Å². The maximum absolute atomic E-state index is 8.20. The van der Waals surface area contributed by atoms with Gasteiger partial charge in [-0.15, -0.1) is 34.0 Å². The van der Waals surface area contributed by atoms with Crippen molar-refractivity contribution in [2.75, 3.05) is 0 Å². The summed E-state index contributed by atoms with van der Waals surface area (Å²) in [5.41, 5.74) is 17.6. The third-order valence-electron chi connectivity index (χ3n) is 20.6. The number of hydrogen-bond donors (Lipinski definition) is 0. The van der Waals surface area contributed by atoms with Crippen molar-refractivity contribution < 1.29 is 4.42 Å². The summed E-state index contributed by atoms with van der Waals surface area (Å²) in [5, 5.41) is 17.7. The van der Waals surface area contributed by atoms with Gasteiger partial charge in [0, 0.05) is 111 Å². The second kappa shape index (κ2) is 22.9. The Labute approximate surface area is 604 Å². The average Bonchev–Trinajstić information content (AvgIpc) is 1.72. The van der Waals surface area contributed by atoms with E-state index in [1.165, 1.54) is 88.4 Å². The van der Waals surface area contributed by atoms with Crippen LogP contribution in [0.1, 0.15) is 0 Å². The second-order valence-electron chi connectivity index (χ2n) is 26.5. The van der Waals surface area contributed by atoms with Gasteiger partial charge in [0.05, 0.1) is 56.9 Å². The molecule has 0 amide bonds. The maximum atomic E-state index is 8.20. The molecule has 23 rings (SSSR count). The summed E-state index contributed by atoms with van der Waals surface area (Å²) in [7, 11) is 0. The smallest absolute Gasteiger partial charge is 0.246 e. The monoisotopic (exact) mass is 1380 g/mol. The lowest BCUT2D eigenvalue weighted by Gasteiger charge is -2.16. The van der Waals surface area contributed by atoms with Gasteiger partial charge in [0.25, 0.3) is 0 Å². The summed E-state index contributed by atoms with van der Waals surface area (Å²) >= 11 is 5.30. The van der Waals surface area contributed by atoms with Crippen LogP contribution in [0.25, 0.3) is 220 Å². The molecule has 0 aliphatic heterocycles. The minimum Gasteiger partial charge on any atom is -0.436 e. The zero-order chi connectivity index (χ0) is 68.3. The van der Waals surface area contributed by atoms with Gasteiger partial charge >= 0.3 is 0 Å². The molecule has 0 radical (unpaired) electrons. The first kappa shape index (κ1) is 58.5. The summed E-state index contributed by atoms with van der Waals surface area (Å²) in [6.07, 6.45) is 1.89. The number of hydrogen-bond acceptors (Lipinski definition) is 9. The van der Waals surface area contributed by atoms with E-state index in [0.717, 1.165) is 104 Å². The van der Waals surface area contributed by atoms with Crippen molar-refractivity contribution in [2.24, 2.45) is 0 Å². The Kier molecular flexibility index (Phi) is 12.9. The van der Waals surface area contributed by atoms with Crippen molar-refractivity contribution in [3.63, 3.8) is 0 Å². The zero-order valence-electron chi connectivity index (χ0n) is 55.1. The van der Waals surface area contributed by atoms with Crippen LogP contribution in [0.4, 0.5) is 5.69 Å². The van der Waals surface area contributed by atoms with Gasteiger partial charge in [-0.3, -0.25) is 4.98 Å². The summed E-state index contributed by atoms with van der Waals surface area (Å²) in [4.78, 5) is 31.5. The van der Waals surface area contributed by atoms with Crippen LogP contribution in [0.3, 0.4) is 0 Å². The summed E-state index contributed by atoms with van der Waals surface area (Å²) in [5.74, 6) is 0. The van der Waals surface area contributed by atoms with E-state index in [9.17, 15) is 0 Å². The molecule has 9 aromatic heterocycles. The molecule has 0 saturated carbocycles. The van der Waals surface area contributed by atoms with E-state index in [0.29, 0.717) is 28.3 Å². The normalized spacial score (nSPS) is 12.0. The van der Waals surface area contributed by atoms with Crippen molar-refractivity contribution in [3.05, 3.63) is 315 Å². The Morgan fingerprint density at radius 1 is 0.317 bits per heavy atom. The van der Waals surface area contributed by atoms with Crippen LogP contribution >= 0.6 is 34.0 Å². The van der Waals surface area contributed by atoms with Gasteiger partial charge in [-0.25, -0.2) is 24.8 Å². The minimum absolute atomic E-state index is 0.488. The van der Waals surface area contributed by atoms with Crippen LogP contribution in [0, 0.1) is 6.57 Å². The molecule has 0 N–H and O–H groups in total. The van der Waals surface area contributed by atoms with E-state index in [1.807, 2.05) is 60.0 Å². The number of furan rings is 1. The molecule has 0 spiro atoms. The largest absolute Gasteiger partial charge is 0.436 e. The Morgan fingerprint density at radius 2 is 0.827 bits per heavy atom. The Morgan fingerprint density at radius 3 is 1.48 bits per heavy atom. The van der Waals surface area contributed by atoms with Crippen molar-refractivity contribution in [3.8, 4) is 56.4 Å². The fourth-order valence-corrected chi connectivity index (χ4v) is 19.2. The standard InChI is InChI=1S/C47H26N4S2.C45H24N4OS/c1-2-11-28-25-39-36(24-27(28)10-1)30-12-3-6-16-37(30)51(39)38-22-21-35(44-33(38)15-9-23-48-44)45-43(50-47-46(49-45)34-14-5-8-18-41(34)53-47)29-19-20-32-31-13-4-7-17-40(31)52-42(32)26-29;1-46-30-20-29(21-31(25-30)49-37-15-7-4-12-32(37)36-22-26-10-2-3-11-27(26)23-38(36)49)43-42(48-45-44(47-43)35-14-5-8-16-39(35)50-45)28-18-19-34-33-13-6-9-17-40(33)51-41(34)24-28/h1-26H;2-25H. The highest BCUT2D eigenvalue weighted by Crippen LogP contribution is 2.47. The molecule has 9 heterocycles. The lowest BCUT2D eigenvalue weighted by Crippen LogP contribution is -1.99. The molecule has 0 aliphatic carbocycles. The fourth-order valence-electron chi connectivity index (χ4n) is 15.9. The molecular weight excluding hydrogens is 1330 g/mol. The van der Waals surface area contributed by atoms with E-state index in [-0.39, 0.29) is 0 Å². The molecule has 23 aromatic rings. The molecule has 0 bridgehead atoms. The number of para-hydroxylation sites is 3. The maximum Gasteiger partial charge on any atom is 0.246 e. The van der Waals surface area contributed by atoms with E-state index in [1.54, 1.807) is 22.7 Å². The van der Waals surface area contributed by atoms with Crippen LogP contribution < -0.4 is 0 Å². The molecular formula is C92H50N8OS3. The highest BCUT2D eigenvalue weighted by molar-refractivity contribution is 7.26. The van der Waals surface area contributed by atoms with Gasteiger partial charge in [-0.2, -0.15) is 0 Å². The third-order valence-corrected chi connectivity index (χ3v) is 23.9. The van der Waals surface area contributed by atoms with Gasteiger partial charge in [0.15, 0.2) is 5.69 Å². The highest BCUT2D eigenvalue weighted by Gasteiger charge is 2.25. The van der Waals surface area contributed by atoms with E-state index in [2.05, 4.69) is 269 Å². The highest BCUT2D eigenvalue weighted by atomic mass is 32.1. The van der Waals surface area contributed by atoms with Crippen molar-refractivity contribution in [2.45, 2.75) is 0 Å². The zero-order valence-corrected chi connectivity index (χ0v) is 57.5. The predicted molar refractivity (Wildman–Crippen MR) is 437 cm³/mol. The number of fused-ring (bicyclic) bond motifs is 21. The molecule has 9 nitrogen and oxygen atoms in total. The van der Waals surface area contributed by atoms with Gasteiger partial charge in [0.1, 0.15) is 27.1 Å². The first-order valence-electron chi connectivity index (χ1n) is 34.4. The third kappa shape index (κ3) is 9.05. The van der Waals surface area contributed by atoms with Crippen LogP contribution in [0.5, 0.6) is 0 Å². The molecule has 14 aromatic carbocycles.